The fourth-order valence-corrected chi connectivity index (χ4v) is 3.58. The van der Waals surface area contributed by atoms with Gasteiger partial charge in [-0.1, -0.05) is 5.16 Å². The Kier molecular flexibility index (Phi) is 7.49. The summed E-state index contributed by atoms with van der Waals surface area (Å²) < 4.78 is 6.81. The van der Waals surface area contributed by atoms with Gasteiger partial charge in [-0.3, -0.25) is 9.78 Å². The van der Waals surface area contributed by atoms with E-state index in [2.05, 4.69) is 31.4 Å². The van der Waals surface area contributed by atoms with Crippen LogP contribution in [-0.2, 0) is 9.63 Å². The lowest BCUT2D eigenvalue weighted by molar-refractivity contribution is -0.126. The van der Waals surface area contributed by atoms with Gasteiger partial charge in [0.15, 0.2) is 0 Å². The number of thioether (sulfide) groups is 1. The number of carbonyl (C=O) groups is 1. The molecule has 0 aliphatic heterocycles. The second kappa shape index (κ2) is 9.41. The summed E-state index contributed by atoms with van der Waals surface area (Å²) in [5, 5.41) is 7.87. The molecule has 1 heterocycles. The van der Waals surface area contributed by atoms with Gasteiger partial charge in [0.2, 0.25) is 5.44 Å². The normalized spacial score (nSPS) is 13.3. The first-order chi connectivity index (χ1) is 12.7. The van der Waals surface area contributed by atoms with Crippen LogP contribution >= 0.6 is 27.7 Å². The Morgan fingerprint density at radius 2 is 2.15 bits per heavy atom. The number of oxime groups is 1. The topological polar surface area (TPSA) is 72.8 Å². The van der Waals surface area contributed by atoms with Gasteiger partial charge in [0, 0.05) is 28.0 Å². The molecule has 1 unspecified atom stereocenters. The average molecular weight is 454 g/mol. The molecule has 27 heavy (non-hydrogen) atoms. The Morgan fingerprint density at radius 1 is 1.41 bits per heavy atom. The summed E-state index contributed by atoms with van der Waals surface area (Å²) in [7, 11) is 1.50. The summed E-state index contributed by atoms with van der Waals surface area (Å²) >= 11 is 4.76. The molecule has 0 spiro atoms. The van der Waals surface area contributed by atoms with E-state index in [0.29, 0.717) is 12.2 Å². The summed E-state index contributed by atoms with van der Waals surface area (Å²) in [4.78, 5) is 21.8. The van der Waals surface area contributed by atoms with Crippen LogP contribution in [0, 0.1) is 0 Å². The molecule has 0 saturated carbocycles. The van der Waals surface area contributed by atoms with Crippen LogP contribution in [0.25, 0.3) is 10.9 Å². The Labute approximate surface area is 172 Å². The maximum Gasteiger partial charge on any atom is 0.272 e. The van der Waals surface area contributed by atoms with Crippen molar-refractivity contribution in [3.63, 3.8) is 0 Å². The highest BCUT2D eigenvalue weighted by Crippen LogP contribution is 2.25. The van der Waals surface area contributed by atoms with E-state index in [4.69, 9.17) is 9.57 Å². The highest BCUT2D eigenvalue weighted by Gasteiger charge is 2.27. The zero-order valence-electron chi connectivity index (χ0n) is 16.1. The Bertz CT molecular complexity index is 842. The molecule has 2 rings (SSSR count). The van der Waals surface area contributed by atoms with Crippen LogP contribution in [0.5, 0.6) is 5.75 Å². The highest BCUT2D eigenvalue weighted by molar-refractivity contribution is 9.10. The molecule has 0 aliphatic carbocycles. The molecule has 1 aromatic carbocycles. The summed E-state index contributed by atoms with van der Waals surface area (Å²) in [5.74, 6) is 0.428. The van der Waals surface area contributed by atoms with Crippen LogP contribution in [0.15, 0.2) is 40.1 Å². The quantitative estimate of drug-likeness (QED) is 0.364. The van der Waals surface area contributed by atoms with Crippen LogP contribution in [0.1, 0.15) is 27.2 Å². The maximum atomic E-state index is 12.7. The number of hydrogen-bond acceptors (Lipinski definition) is 6. The number of hydrogen-bond donors (Lipinski definition) is 1. The molecule has 1 aromatic heterocycles. The zero-order valence-corrected chi connectivity index (χ0v) is 18.5. The van der Waals surface area contributed by atoms with Gasteiger partial charge in [0.25, 0.3) is 5.91 Å². The number of nitrogens with zero attached hydrogens (tertiary/aromatic N) is 2. The first-order valence-electron chi connectivity index (χ1n) is 8.37. The van der Waals surface area contributed by atoms with Gasteiger partial charge in [-0.25, -0.2) is 0 Å². The predicted octanol–water partition coefficient (Wildman–Crippen LogP) is 4.37. The van der Waals surface area contributed by atoms with Crippen molar-refractivity contribution in [1.82, 2.24) is 10.3 Å². The van der Waals surface area contributed by atoms with Gasteiger partial charge < -0.3 is 14.9 Å². The van der Waals surface area contributed by atoms with Crippen molar-refractivity contribution in [2.24, 2.45) is 5.16 Å². The zero-order chi connectivity index (χ0) is 20.0. The summed E-state index contributed by atoms with van der Waals surface area (Å²) in [5.41, 5.74) is 0.530. The number of nitrogens with one attached hydrogen (secondary N) is 1. The summed E-state index contributed by atoms with van der Waals surface area (Å²) in [6.45, 7) is 5.74. The first-order valence-corrected chi connectivity index (χ1v) is 10.5. The van der Waals surface area contributed by atoms with E-state index in [0.717, 1.165) is 21.1 Å². The van der Waals surface area contributed by atoms with Gasteiger partial charge in [0.05, 0.1) is 11.2 Å². The van der Waals surface area contributed by atoms with Crippen molar-refractivity contribution < 1.29 is 14.4 Å². The minimum atomic E-state index is -0.665. The lowest BCUT2D eigenvalue weighted by Crippen LogP contribution is -2.49. The molecule has 6 nitrogen and oxygen atoms in total. The number of benzene rings is 1. The third-order valence-corrected chi connectivity index (χ3v) is 4.87. The van der Waals surface area contributed by atoms with Crippen molar-refractivity contribution in [3.8, 4) is 5.75 Å². The number of carbonyl (C=O) groups excluding carboxylic acids is 1. The summed E-state index contributed by atoms with van der Waals surface area (Å²) in [6, 6.07) is 7.54. The molecule has 0 fully saturated rings. The number of ether oxygens (including phenoxy) is 1. The van der Waals surface area contributed by atoms with Crippen LogP contribution in [0.3, 0.4) is 0 Å². The molecular formula is C19H24BrN3O3S. The van der Waals surface area contributed by atoms with E-state index < -0.39 is 11.0 Å². The van der Waals surface area contributed by atoms with Gasteiger partial charge in [-0.15, -0.1) is 11.8 Å². The molecule has 0 bridgehead atoms. The van der Waals surface area contributed by atoms with E-state index in [1.807, 2.05) is 51.3 Å². The molecule has 1 atom stereocenters. The number of halogens is 1. The molecule has 8 heteroatoms. The molecule has 0 saturated heterocycles. The average Bonchev–Trinajstić information content (AvgIpc) is 2.58. The van der Waals surface area contributed by atoms with Crippen molar-refractivity contribution in [1.29, 1.82) is 0 Å². The van der Waals surface area contributed by atoms with Crippen molar-refractivity contribution in [2.75, 3.05) is 13.4 Å². The minimum absolute atomic E-state index is 0.190. The largest absolute Gasteiger partial charge is 0.470 e. The monoisotopic (exact) mass is 453 g/mol. The van der Waals surface area contributed by atoms with Crippen LogP contribution in [-0.4, -0.2) is 40.9 Å². The highest BCUT2D eigenvalue weighted by atomic mass is 79.9. The standard InChI is InChI=1S/C19H24BrN3O3S/c1-12(23-25-4)10-19(2,3)22-17(24)18(27-5)26-15-6-7-16-13(9-15)8-14(20)11-21-16/h6-9,11,18H,10H2,1-5H3,(H,22,24). The first kappa shape index (κ1) is 21.5. The Hall–Kier alpha value is -1.80. The van der Waals surface area contributed by atoms with E-state index in [1.165, 1.54) is 18.9 Å². The van der Waals surface area contributed by atoms with E-state index >= 15 is 0 Å². The SMILES string of the molecule is CON=C(C)CC(C)(C)NC(=O)C(Oc1ccc2ncc(Br)cc2c1)SC. The fourth-order valence-electron chi connectivity index (χ4n) is 2.75. The third-order valence-electron chi connectivity index (χ3n) is 3.70. The van der Waals surface area contributed by atoms with Gasteiger partial charge in [-0.2, -0.15) is 0 Å². The number of rotatable bonds is 8. The van der Waals surface area contributed by atoms with Gasteiger partial charge in [-0.05, 0) is 67.2 Å². The third kappa shape index (κ3) is 6.39. The molecule has 1 amide bonds. The lowest BCUT2D eigenvalue weighted by Gasteiger charge is -2.28. The van der Waals surface area contributed by atoms with Gasteiger partial charge >= 0.3 is 0 Å². The van der Waals surface area contributed by atoms with Crippen molar-refractivity contribution in [3.05, 3.63) is 34.9 Å². The van der Waals surface area contributed by atoms with Crippen LogP contribution in [0.4, 0.5) is 0 Å². The minimum Gasteiger partial charge on any atom is -0.470 e. The maximum absolute atomic E-state index is 12.7. The van der Waals surface area contributed by atoms with Crippen molar-refractivity contribution >= 4 is 50.2 Å². The number of aromatic nitrogens is 1. The van der Waals surface area contributed by atoms with Gasteiger partial charge in [0.1, 0.15) is 12.9 Å². The lowest BCUT2D eigenvalue weighted by atomic mass is 9.98. The Balaban J connectivity index is 2.09. The predicted molar refractivity (Wildman–Crippen MR) is 114 cm³/mol. The number of pyridine rings is 1. The van der Waals surface area contributed by atoms with Crippen molar-refractivity contribution in [2.45, 2.75) is 38.2 Å². The smallest absolute Gasteiger partial charge is 0.272 e. The molecule has 1 N–H and O–H groups in total. The van der Waals surface area contributed by atoms with Crippen LogP contribution in [0.2, 0.25) is 0 Å². The number of amides is 1. The van der Waals surface area contributed by atoms with E-state index in [-0.39, 0.29) is 5.91 Å². The molecular weight excluding hydrogens is 430 g/mol. The number of fused-ring (bicyclic) bond motifs is 1. The van der Waals surface area contributed by atoms with E-state index in [9.17, 15) is 4.79 Å². The fraction of sp³-hybridized carbons (Fsp3) is 0.421. The Morgan fingerprint density at radius 3 is 2.81 bits per heavy atom. The van der Waals surface area contributed by atoms with Crippen LogP contribution < -0.4 is 10.1 Å². The van der Waals surface area contributed by atoms with E-state index in [1.54, 1.807) is 6.20 Å². The summed E-state index contributed by atoms with van der Waals surface area (Å²) in [6.07, 6.45) is 4.16. The molecule has 0 radical (unpaired) electrons. The molecule has 2 aromatic rings. The second-order valence-corrected chi connectivity index (χ2v) is 8.57. The second-order valence-electron chi connectivity index (χ2n) is 6.75. The molecule has 0 aliphatic rings. The molecule has 146 valence electrons.